The Morgan fingerprint density at radius 2 is 1.73 bits per heavy atom. The van der Waals surface area contributed by atoms with Crippen LogP contribution in [0.4, 0.5) is 10.5 Å². The standard InChI is InChI=1S/C18H22N2O2/c1-14(2)12-13-19-18(21)20-16-10-6-7-11-17(16)22-15-8-4-3-5-9-15/h3-11,14H,12-13H2,1-2H3,(H2,19,20,21). The second-order valence-electron chi connectivity index (χ2n) is 5.47. The van der Waals surface area contributed by atoms with Crippen molar-refractivity contribution in [2.24, 2.45) is 5.92 Å². The zero-order valence-electron chi connectivity index (χ0n) is 13.0. The Hall–Kier alpha value is -2.49. The molecule has 2 rings (SSSR count). The molecule has 2 aromatic rings. The van der Waals surface area contributed by atoms with Gasteiger partial charge in [-0.2, -0.15) is 0 Å². The molecule has 0 aromatic heterocycles. The Labute approximate surface area is 131 Å². The molecule has 0 unspecified atom stereocenters. The molecule has 0 atom stereocenters. The molecule has 0 fully saturated rings. The average molecular weight is 298 g/mol. The van der Waals surface area contributed by atoms with Crippen LogP contribution in [0.15, 0.2) is 54.6 Å². The number of nitrogens with one attached hydrogen (secondary N) is 2. The highest BCUT2D eigenvalue weighted by atomic mass is 16.5. The molecule has 2 aromatic carbocycles. The van der Waals surface area contributed by atoms with E-state index in [1.54, 1.807) is 0 Å². The molecule has 0 spiro atoms. The van der Waals surface area contributed by atoms with Crippen LogP contribution < -0.4 is 15.4 Å². The molecule has 4 heteroatoms. The molecule has 2 amide bonds. The van der Waals surface area contributed by atoms with Crippen LogP contribution in [0.5, 0.6) is 11.5 Å². The second kappa shape index (κ2) is 8.08. The van der Waals surface area contributed by atoms with Crippen molar-refractivity contribution >= 4 is 11.7 Å². The van der Waals surface area contributed by atoms with Gasteiger partial charge in [-0.15, -0.1) is 0 Å². The van der Waals surface area contributed by atoms with E-state index in [4.69, 9.17) is 4.74 Å². The largest absolute Gasteiger partial charge is 0.455 e. The summed E-state index contributed by atoms with van der Waals surface area (Å²) in [7, 11) is 0. The third-order valence-electron chi connectivity index (χ3n) is 3.11. The van der Waals surface area contributed by atoms with E-state index >= 15 is 0 Å². The minimum Gasteiger partial charge on any atom is -0.455 e. The van der Waals surface area contributed by atoms with Crippen molar-refractivity contribution in [1.82, 2.24) is 5.32 Å². The maximum Gasteiger partial charge on any atom is 0.319 e. The van der Waals surface area contributed by atoms with Crippen molar-refractivity contribution in [3.05, 3.63) is 54.6 Å². The predicted molar refractivity (Wildman–Crippen MR) is 89.4 cm³/mol. The molecule has 0 aliphatic rings. The van der Waals surface area contributed by atoms with Crippen molar-refractivity contribution in [2.45, 2.75) is 20.3 Å². The molecule has 116 valence electrons. The van der Waals surface area contributed by atoms with Gasteiger partial charge in [-0.3, -0.25) is 0 Å². The summed E-state index contributed by atoms with van der Waals surface area (Å²) in [6.07, 6.45) is 0.954. The molecule has 0 saturated carbocycles. The fraction of sp³-hybridized carbons (Fsp3) is 0.278. The summed E-state index contributed by atoms with van der Waals surface area (Å²) in [5.74, 6) is 1.92. The summed E-state index contributed by atoms with van der Waals surface area (Å²) in [4.78, 5) is 11.9. The Kier molecular flexibility index (Phi) is 5.83. The van der Waals surface area contributed by atoms with Gasteiger partial charge < -0.3 is 15.4 Å². The molecule has 4 nitrogen and oxygen atoms in total. The van der Waals surface area contributed by atoms with E-state index in [0.717, 1.165) is 12.2 Å². The lowest BCUT2D eigenvalue weighted by Gasteiger charge is -2.13. The topological polar surface area (TPSA) is 50.4 Å². The van der Waals surface area contributed by atoms with Crippen LogP contribution in [0, 0.1) is 5.92 Å². The average Bonchev–Trinajstić information content (AvgIpc) is 2.50. The van der Waals surface area contributed by atoms with Gasteiger partial charge in [-0.25, -0.2) is 4.79 Å². The van der Waals surface area contributed by atoms with Crippen molar-refractivity contribution in [3.63, 3.8) is 0 Å². The Morgan fingerprint density at radius 1 is 1.05 bits per heavy atom. The number of carbonyl (C=O) groups is 1. The Morgan fingerprint density at radius 3 is 2.45 bits per heavy atom. The van der Waals surface area contributed by atoms with Crippen molar-refractivity contribution < 1.29 is 9.53 Å². The molecule has 0 aliphatic carbocycles. The van der Waals surface area contributed by atoms with Crippen LogP contribution in [-0.4, -0.2) is 12.6 Å². The summed E-state index contributed by atoms with van der Waals surface area (Å²) in [6.45, 7) is 4.91. The summed E-state index contributed by atoms with van der Waals surface area (Å²) in [5.41, 5.74) is 0.647. The van der Waals surface area contributed by atoms with E-state index in [0.29, 0.717) is 23.9 Å². The number of anilines is 1. The predicted octanol–water partition coefficient (Wildman–Crippen LogP) is 4.65. The monoisotopic (exact) mass is 298 g/mol. The summed E-state index contributed by atoms with van der Waals surface area (Å²) < 4.78 is 5.81. The minimum absolute atomic E-state index is 0.218. The van der Waals surface area contributed by atoms with Crippen LogP contribution in [0.3, 0.4) is 0 Å². The molecule has 22 heavy (non-hydrogen) atoms. The molecule has 0 heterocycles. The van der Waals surface area contributed by atoms with Gasteiger partial charge in [0.05, 0.1) is 5.69 Å². The normalized spacial score (nSPS) is 10.3. The van der Waals surface area contributed by atoms with E-state index in [2.05, 4.69) is 24.5 Å². The zero-order chi connectivity index (χ0) is 15.8. The lowest BCUT2D eigenvalue weighted by atomic mass is 10.1. The number of hydrogen-bond donors (Lipinski definition) is 2. The van der Waals surface area contributed by atoms with Crippen LogP contribution in [0.25, 0.3) is 0 Å². The van der Waals surface area contributed by atoms with Crippen LogP contribution in [0.2, 0.25) is 0 Å². The number of ether oxygens (including phenoxy) is 1. The molecule has 0 saturated heterocycles. The highest BCUT2D eigenvalue weighted by Gasteiger charge is 2.08. The summed E-state index contributed by atoms with van der Waals surface area (Å²) in [6, 6.07) is 16.7. The van der Waals surface area contributed by atoms with E-state index in [9.17, 15) is 4.79 Å². The molecule has 0 aliphatic heterocycles. The first-order chi connectivity index (χ1) is 10.6. The van der Waals surface area contributed by atoms with Crippen molar-refractivity contribution in [3.8, 4) is 11.5 Å². The highest BCUT2D eigenvalue weighted by molar-refractivity contribution is 5.90. The van der Waals surface area contributed by atoms with Crippen LogP contribution in [0.1, 0.15) is 20.3 Å². The Balaban J connectivity index is 1.98. The van der Waals surface area contributed by atoms with Gasteiger partial charge in [-0.1, -0.05) is 44.2 Å². The Bertz CT molecular complexity index is 597. The number of carbonyl (C=O) groups excluding carboxylic acids is 1. The molecule has 0 radical (unpaired) electrons. The fourth-order valence-electron chi connectivity index (χ4n) is 1.92. The first-order valence-corrected chi connectivity index (χ1v) is 7.52. The van der Waals surface area contributed by atoms with E-state index in [-0.39, 0.29) is 6.03 Å². The van der Waals surface area contributed by atoms with Gasteiger partial charge in [0.2, 0.25) is 0 Å². The van der Waals surface area contributed by atoms with Gasteiger partial charge in [-0.05, 0) is 36.6 Å². The third kappa shape index (κ3) is 5.13. The molecule has 2 N–H and O–H groups in total. The van der Waals surface area contributed by atoms with Gasteiger partial charge in [0, 0.05) is 6.54 Å². The van der Waals surface area contributed by atoms with E-state index in [1.807, 2.05) is 54.6 Å². The smallest absolute Gasteiger partial charge is 0.319 e. The van der Waals surface area contributed by atoms with Crippen molar-refractivity contribution in [1.29, 1.82) is 0 Å². The van der Waals surface area contributed by atoms with E-state index in [1.165, 1.54) is 0 Å². The highest BCUT2D eigenvalue weighted by Crippen LogP contribution is 2.28. The van der Waals surface area contributed by atoms with Gasteiger partial charge in [0.15, 0.2) is 5.75 Å². The lowest BCUT2D eigenvalue weighted by molar-refractivity contribution is 0.251. The molecular weight excluding hydrogens is 276 g/mol. The van der Waals surface area contributed by atoms with Gasteiger partial charge >= 0.3 is 6.03 Å². The van der Waals surface area contributed by atoms with Crippen molar-refractivity contribution in [2.75, 3.05) is 11.9 Å². The second-order valence-corrected chi connectivity index (χ2v) is 5.47. The van der Waals surface area contributed by atoms with E-state index < -0.39 is 0 Å². The first-order valence-electron chi connectivity index (χ1n) is 7.52. The number of amides is 2. The van der Waals surface area contributed by atoms with Crippen LogP contribution >= 0.6 is 0 Å². The first kappa shape index (κ1) is 15.9. The molecule has 0 bridgehead atoms. The third-order valence-corrected chi connectivity index (χ3v) is 3.11. The SMILES string of the molecule is CC(C)CCNC(=O)Nc1ccccc1Oc1ccccc1. The summed E-state index contributed by atoms with van der Waals surface area (Å²) in [5, 5.41) is 5.68. The zero-order valence-corrected chi connectivity index (χ0v) is 13.0. The maximum atomic E-state index is 11.9. The van der Waals surface area contributed by atoms with Crippen LogP contribution in [-0.2, 0) is 0 Å². The summed E-state index contributed by atoms with van der Waals surface area (Å²) >= 11 is 0. The number of benzene rings is 2. The molecular formula is C18H22N2O2. The fourth-order valence-corrected chi connectivity index (χ4v) is 1.92. The quantitative estimate of drug-likeness (QED) is 0.815. The maximum absolute atomic E-state index is 11.9. The minimum atomic E-state index is -0.218. The number of urea groups is 1. The number of hydrogen-bond acceptors (Lipinski definition) is 2. The van der Waals surface area contributed by atoms with Gasteiger partial charge in [0.1, 0.15) is 5.75 Å². The lowest BCUT2D eigenvalue weighted by Crippen LogP contribution is -2.30. The number of para-hydroxylation sites is 3. The van der Waals surface area contributed by atoms with Gasteiger partial charge in [0.25, 0.3) is 0 Å². The number of rotatable bonds is 6.